The second kappa shape index (κ2) is 6.44. The van der Waals surface area contributed by atoms with Gasteiger partial charge < -0.3 is 10.2 Å². The van der Waals surface area contributed by atoms with E-state index in [9.17, 15) is 13.2 Å². The van der Waals surface area contributed by atoms with Gasteiger partial charge in [0.25, 0.3) is 0 Å². The molecule has 5 heteroatoms. The summed E-state index contributed by atoms with van der Waals surface area (Å²) in [6.45, 7) is 3.47. The Bertz CT molecular complexity index is 272. The molecular formula is C14H25F3N2. The monoisotopic (exact) mass is 278 g/mol. The molecule has 2 rings (SSSR count). The summed E-state index contributed by atoms with van der Waals surface area (Å²) < 4.78 is 36.6. The minimum Gasteiger partial charge on any atom is -0.310 e. The number of rotatable bonds is 3. The normalized spacial score (nSPS) is 25.4. The van der Waals surface area contributed by atoms with Crippen molar-refractivity contribution in [2.45, 2.75) is 63.1 Å². The summed E-state index contributed by atoms with van der Waals surface area (Å²) in [6.07, 6.45) is 2.81. The predicted molar refractivity (Wildman–Crippen MR) is 70.2 cm³/mol. The van der Waals surface area contributed by atoms with Gasteiger partial charge in [0.05, 0.1) is 0 Å². The van der Waals surface area contributed by atoms with Crippen molar-refractivity contribution in [3.8, 4) is 0 Å². The van der Waals surface area contributed by atoms with Crippen LogP contribution in [0.15, 0.2) is 0 Å². The summed E-state index contributed by atoms with van der Waals surface area (Å²) in [7, 11) is 0. The van der Waals surface area contributed by atoms with Crippen LogP contribution in [0.25, 0.3) is 0 Å². The molecule has 0 aromatic heterocycles. The molecule has 2 fully saturated rings. The molecule has 19 heavy (non-hydrogen) atoms. The van der Waals surface area contributed by atoms with E-state index in [1.54, 1.807) is 0 Å². The van der Waals surface area contributed by atoms with Gasteiger partial charge in [0, 0.05) is 18.5 Å². The van der Waals surface area contributed by atoms with Gasteiger partial charge in [0.1, 0.15) is 0 Å². The lowest BCUT2D eigenvalue weighted by atomic mass is 9.81. The standard InChI is InChI=1S/C14H25F3N2/c15-14(16,17)8-4-10-19-11-5-9-18-13(12-19)6-2-1-3-7-13/h18H,1-12H2. The molecule has 0 unspecified atom stereocenters. The Balaban J connectivity index is 1.82. The fourth-order valence-corrected chi connectivity index (χ4v) is 3.48. The molecule has 0 radical (unpaired) electrons. The van der Waals surface area contributed by atoms with E-state index in [0.29, 0.717) is 6.54 Å². The first-order chi connectivity index (χ1) is 8.99. The first kappa shape index (κ1) is 15.1. The van der Waals surface area contributed by atoms with Gasteiger partial charge in [-0.3, -0.25) is 0 Å². The molecule has 0 bridgehead atoms. The predicted octanol–water partition coefficient (Wildman–Crippen LogP) is 3.33. The van der Waals surface area contributed by atoms with E-state index in [0.717, 1.165) is 26.1 Å². The first-order valence-corrected chi connectivity index (χ1v) is 7.53. The SMILES string of the molecule is FC(F)(F)CCCN1CCCNC2(CCCCC2)C1. The molecule has 1 aliphatic heterocycles. The largest absolute Gasteiger partial charge is 0.389 e. The van der Waals surface area contributed by atoms with E-state index in [1.165, 1.54) is 32.1 Å². The Morgan fingerprint density at radius 2 is 1.79 bits per heavy atom. The van der Waals surface area contributed by atoms with Crippen molar-refractivity contribution >= 4 is 0 Å². The van der Waals surface area contributed by atoms with E-state index < -0.39 is 12.6 Å². The third-order valence-electron chi connectivity index (χ3n) is 4.42. The van der Waals surface area contributed by atoms with E-state index in [4.69, 9.17) is 0 Å². The Labute approximate surface area is 113 Å². The van der Waals surface area contributed by atoms with Crippen LogP contribution in [0.2, 0.25) is 0 Å². The third kappa shape index (κ3) is 4.95. The van der Waals surface area contributed by atoms with Crippen LogP contribution in [0.3, 0.4) is 0 Å². The highest BCUT2D eigenvalue weighted by Crippen LogP contribution is 2.30. The van der Waals surface area contributed by atoms with Crippen LogP contribution in [0.4, 0.5) is 13.2 Å². The molecule has 0 atom stereocenters. The maximum absolute atomic E-state index is 12.2. The third-order valence-corrected chi connectivity index (χ3v) is 4.42. The average Bonchev–Trinajstić information content (AvgIpc) is 2.52. The van der Waals surface area contributed by atoms with Gasteiger partial charge in [0.2, 0.25) is 0 Å². The number of hydrogen-bond acceptors (Lipinski definition) is 2. The molecule has 1 aliphatic carbocycles. The molecule has 0 aromatic rings. The molecule has 1 saturated carbocycles. The zero-order valence-electron chi connectivity index (χ0n) is 11.6. The van der Waals surface area contributed by atoms with E-state index in [2.05, 4.69) is 10.2 Å². The quantitative estimate of drug-likeness (QED) is 0.852. The Kier molecular flexibility index (Phi) is 5.12. The zero-order valence-corrected chi connectivity index (χ0v) is 11.6. The van der Waals surface area contributed by atoms with Gasteiger partial charge in [-0.2, -0.15) is 13.2 Å². The number of nitrogens with zero attached hydrogens (tertiary/aromatic N) is 1. The summed E-state index contributed by atoms with van der Waals surface area (Å²) >= 11 is 0. The van der Waals surface area contributed by atoms with Gasteiger partial charge >= 0.3 is 6.18 Å². The van der Waals surface area contributed by atoms with Gasteiger partial charge in [-0.1, -0.05) is 19.3 Å². The fraction of sp³-hybridized carbons (Fsp3) is 1.00. The maximum atomic E-state index is 12.2. The van der Waals surface area contributed by atoms with Gasteiger partial charge in [-0.05, 0) is 45.3 Å². The second-order valence-corrected chi connectivity index (χ2v) is 6.12. The minimum absolute atomic E-state index is 0.187. The summed E-state index contributed by atoms with van der Waals surface area (Å²) in [5.41, 5.74) is 0.187. The number of hydrogen-bond donors (Lipinski definition) is 1. The van der Waals surface area contributed by atoms with Gasteiger partial charge in [-0.15, -0.1) is 0 Å². The van der Waals surface area contributed by atoms with Gasteiger partial charge in [0.15, 0.2) is 0 Å². The highest BCUT2D eigenvalue weighted by molar-refractivity contribution is 4.95. The molecule has 2 aliphatic rings. The Morgan fingerprint density at radius 3 is 2.47 bits per heavy atom. The van der Waals surface area contributed by atoms with Crippen LogP contribution in [-0.2, 0) is 0 Å². The molecule has 112 valence electrons. The molecule has 2 nitrogen and oxygen atoms in total. The van der Waals surface area contributed by atoms with E-state index >= 15 is 0 Å². The molecule has 1 saturated heterocycles. The molecule has 1 spiro atoms. The van der Waals surface area contributed by atoms with Crippen molar-refractivity contribution in [2.24, 2.45) is 0 Å². The molecule has 1 heterocycles. The van der Waals surface area contributed by atoms with Crippen molar-refractivity contribution in [1.29, 1.82) is 0 Å². The molecule has 0 amide bonds. The lowest BCUT2D eigenvalue weighted by Gasteiger charge is -2.40. The van der Waals surface area contributed by atoms with Crippen molar-refractivity contribution in [3.05, 3.63) is 0 Å². The van der Waals surface area contributed by atoms with Crippen LogP contribution in [-0.4, -0.2) is 42.8 Å². The summed E-state index contributed by atoms with van der Waals surface area (Å²) in [4.78, 5) is 2.25. The topological polar surface area (TPSA) is 15.3 Å². The van der Waals surface area contributed by atoms with Crippen LogP contribution < -0.4 is 5.32 Å². The van der Waals surface area contributed by atoms with Crippen LogP contribution >= 0.6 is 0 Å². The molecule has 0 aromatic carbocycles. The zero-order chi connectivity index (χ0) is 13.8. The Morgan fingerprint density at radius 1 is 1.05 bits per heavy atom. The summed E-state index contributed by atoms with van der Waals surface area (Å²) in [6, 6.07) is 0. The number of nitrogens with one attached hydrogen (secondary N) is 1. The Hall–Kier alpha value is -0.290. The van der Waals surface area contributed by atoms with Crippen molar-refractivity contribution in [3.63, 3.8) is 0 Å². The van der Waals surface area contributed by atoms with E-state index in [1.807, 2.05) is 0 Å². The van der Waals surface area contributed by atoms with Crippen molar-refractivity contribution in [2.75, 3.05) is 26.2 Å². The lowest BCUT2D eigenvalue weighted by Crippen LogP contribution is -2.52. The highest BCUT2D eigenvalue weighted by atomic mass is 19.4. The second-order valence-electron chi connectivity index (χ2n) is 6.12. The summed E-state index contributed by atoms with van der Waals surface area (Å²) in [5, 5.41) is 3.67. The first-order valence-electron chi connectivity index (χ1n) is 7.53. The minimum atomic E-state index is -4.01. The smallest absolute Gasteiger partial charge is 0.310 e. The fourth-order valence-electron chi connectivity index (χ4n) is 3.48. The lowest BCUT2D eigenvalue weighted by molar-refractivity contribution is -0.136. The maximum Gasteiger partial charge on any atom is 0.389 e. The van der Waals surface area contributed by atoms with Crippen molar-refractivity contribution in [1.82, 2.24) is 10.2 Å². The van der Waals surface area contributed by atoms with E-state index in [-0.39, 0.29) is 12.0 Å². The number of alkyl halides is 3. The average molecular weight is 278 g/mol. The van der Waals surface area contributed by atoms with Crippen molar-refractivity contribution < 1.29 is 13.2 Å². The summed E-state index contributed by atoms with van der Waals surface area (Å²) in [5.74, 6) is 0. The van der Waals surface area contributed by atoms with Crippen LogP contribution in [0.1, 0.15) is 51.4 Å². The van der Waals surface area contributed by atoms with Gasteiger partial charge in [-0.25, -0.2) is 0 Å². The van der Waals surface area contributed by atoms with Crippen LogP contribution in [0, 0.1) is 0 Å². The highest BCUT2D eigenvalue weighted by Gasteiger charge is 2.35. The van der Waals surface area contributed by atoms with Crippen LogP contribution in [0.5, 0.6) is 0 Å². The number of halogens is 3. The molecular weight excluding hydrogens is 253 g/mol. The molecule has 1 N–H and O–H groups in total.